The van der Waals surface area contributed by atoms with E-state index in [0.29, 0.717) is 0 Å². The zero-order valence-electron chi connectivity index (χ0n) is 13.4. The van der Waals surface area contributed by atoms with Crippen molar-refractivity contribution in [3.63, 3.8) is 0 Å². The molecule has 3 heteroatoms. The van der Waals surface area contributed by atoms with Gasteiger partial charge in [0.25, 0.3) is 0 Å². The number of aliphatic hydroxyl groups is 1. The van der Waals surface area contributed by atoms with E-state index in [1.165, 1.54) is 4.88 Å². The van der Waals surface area contributed by atoms with E-state index in [1.54, 1.807) is 22.7 Å². The SMILES string of the molecule is CCC(=C=C=C(c1cccs1)C(O)c1ccccc1)c1cccs1. The molecule has 1 N–H and O–H groups in total. The summed E-state index contributed by atoms with van der Waals surface area (Å²) in [6.07, 6.45) is 0.172. The van der Waals surface area contributed by atoms with Crippen LogP contribution in [-0.4, -0.2) is 5.11 Å². The minimum Gasteiger partial charge on any atom is -0.383 e. The first-order valence-corrected chi connectivity index (χ1v) is 9.61. The summed E-state index contributed by atoms with van der Waals surface area (Å²) in [4.78, 5) is 2.21. The van der Waals surface area contributed by atoms with E-state index in [0.717, 1.165) is 28.0 Å². The fourth-order valence-corrected chi connectivity index (χ4v) is 3.96. The summed E-state index contributed by atoms with van der Waals surface area (Å²) in [6, 6.07) is 17.8. The smallest absolute Gasteiger partial charge is 0.113 e. The van der Waals surface area contributed by atoms with Crippen molar-refractivity contribution in [2.45, 2.75) is 19.4 Å². The van der Waals surface area contributed by atoms with Crippen molar-refractivity contribution in [1.29, 1.82) is 0 Å². The summed E-state index contributed by atoms with van der Waals surface area (Å²) in [5.74, 6) is 0. The summed E-state index contributed by atoms with van der Waals surface area (Å²) in [6.45, 7) is 2.11. The maximum atomic E-state index is 10.8. The summed E-state index contributed by atoms with van der Waals surface area (Å²) in [5.41, 5.74) is 9.29. The number of aliphatic hydroxyl groups excluding tert-OH is 1. The molecule has 120 valence electrons. The lowest BCUT2D eigenvalue weighted by molar-refractivity contribution is 0.238. The molecule has 0 amide bonds. The Balaban J connectivity index is 2.13. The molecule has 0 saturated carbocycles. The fraction of sp³-hybridized carbons (Fsp3) is 0.143. The average molecular weight is 351 g/mol. The minimum absolute atomic E-state index is 0.709. The molecule has 0 aliphatic rings. The van der Waals surface area contributed by atoms with E-state index >= 15 is 0 Å². The number of hydrogen-bond acceptors (Lipinski definition) is 3. The normalized spacial score (nSPS) is 11.4. The van der Waals surface area contributed by atoms with Crippen LogP contribution in [0.4, 0.5) is 0 Å². The van der Waals surface area contributed by atoms with Gasteiger partial charge in [-0.25, -0.2) is 0 Å². The van der Waals surface area contributed by atoms with Crippen molar-refractivity contribution >= 4 is 33.8 Å². The molecule has 2 heterocycles. The van der Waals surface area contributed by atoms with Crippen LogP contribution in [0.3, 0.4) is 0 Å². The van der Waals surface area contributed by atoms with E-state index in [9.17, 15) is 5.11 Å². The second-order valence-corrected chi connectivity index (χ2v) is 7.16. The van der Waals surface area contributed by atoms with Crippen LogP contribution >= 0.6 is 22.7 Å². The van der Waals surface area contributed by atoms with Crippen molar-refractivity contribution in [3.8, 4) is 0 Å². The summed E-state index contributed by atoms with van der Waals surface area (Å²) in [7, 11) is 0. The van der Waals surface area contributed by atoms with Gasteiger partial charge in [-0.3, -0.25) is 0 Å². The largest absolute Gasteiger partial charge is 0.383 e. The summed E-state index contributed by atoms with van der Waals surface area (Å²) < 4.78 is 0. The van der Waals surface area contributed by atoms with Crippen LogP contribution in [0.1, 0.15) is 34.8 Å². The molecule has 0 bridgehead atoms. The molecule has 0 saturated heterocycles. The van der Waals surface area contributed by atoms with Gasteiger partial charge in [0.2, 0.25) is 0 Å². The quantitative estimate of drug-likeness (QED) is 0.545. The van der Waals surface area contributed by atoms with Crippen LogP contribution < -0.4 is 0 Å². The average Bonchev–Trinajstić information content (AvgIpc) is 3.33. The molecule has 24 heavy (non-hydrogen) atoms. The number of thiophene rings is 2. The van der Waals surface area contributed by atoms with Crippen molar-refractivity contribution < 1.29 is 5.11 Å². The number of allylic oxidation sites excluding steroid dienone is 1. The van der Waals surface area contributed by atoms with Gasteiger partial charge >= 0.3 is 0 Å². The molecule has 1 unspecified atom stereocenters. The Bertz CT molecular complexity index is 861. The van der Waals surface area contributed by atoms with Crippen molar-refractivity contribution in [2.75, 3.05) is 0 Å². The molecule has 2 aromatic heterocycles. The van der Waals surface area contributed by atoms with E-state index in [-0.39, 0.29) is 0 Å². The standard InChI is InChI=1S/C21H18OS2/c1-2-16(19-10-6-14-23-19)12-13-18(20-11-7-15-24-20)21(22)17-8-4-3-5-9-17/h3-11,14-15,21-22H,2H2,1H3. The zero-order chi connectivity index (χ0) is 16.8. The third kappa shape index (κ3) is 3.85. The molecular weight excluding hydrogens is 332 g/mol. The third-order valence-corrected chi connectivity index (χ3v) is 5.53. The highest BCUT2D eigenvalue weighted by Gasteiger charge is 2.15. The highest BCUT2D eigenvalue weighted by atomic mass is 32.1. The first-order valence-electron chi connectivity index (χ1n) is 7.85. The Morgan fingerprint density at radius 1 is 0.917 bits per heavy atom. The predicted octanol–water partition coefficient (Wildman–Crippen LogP) is 6.17. The maximum Gasteiger partial charge on any atom is 0.113 e. The lowest BCUT2D eigenvalue weighted by Crippen LogP contribution is -1.98. The van der Waals surface area contributed by atoms with Crippen LogP contribution in [0.5, 0.6) is 0 Å². The van der Waals surface area contributed by atoms with Crippen LogP contribution in [0, 0.1) is 0 Å². The molecule has 3 rings (SSSR count). The van der Waals surface area contributed by atoms with Crippen LogP contribution in [0.25, 0.3) is 11.1 Å². The van der Waals surface area contributed by atoms with Crippen molar-refractivity contribution in [2.24, 2.45) is 0 Å². The molecule has 0 fully saturated rings. The third-order valence-electron chi connectivity index (χ3n) is 3.70. The molecular formula is C21H18OS2. The molecule has 1 aromatic carbocycles. The van der Waals surface area contributed by atoms with Gasteiger partial charge in [-0.2, -0.15) is 0 Å². The Morgan fingerprint density at radius 2 is 1.58 bits per heavy atom. The summed E-state index contributed by atoms with van der Waals surface area (Å²) in [5, 5.41) is 14.9. The van der Waals surface area contributed by atoms with Gasteiger partial charge < -0.3 is 5.11 Å². The molecule has 0 aliphatic carbocycles. The van der Waals surface area contributed by atoms with E-state index in [4.69, 9.17) is 0 Å². The number of benzene rings is 1. The molecule has 1 nitrogen and oxygen atoms in total. The highest BCUT2D eigenvalue weighted by molar-refractivity contribution is 7.11. The van der Waals surface area contributed by atoms with Crippen LogP contribution in [0.2, 0.25) is 0 Å². The van der Waals surface area contributed by atoms with Crippen molar-refractivity contribution in [3.05, 3.63) is 92.1 Å². The number of rotatable bonds is 5. The predicted molar refractivity (Wildman–Crippen MR) is 104 cm³/mol. The van der Waals surface area contributed by atoms with Gasteiger partial charge in [-0.05, 0) is 34.9 Å². The zero-order valence-corrected chi connectivity index (χ0v) is 15.0. The number of hydrogen-bond donors (Lipinski definition) is 1. The van der Waals surface area contributed by atoms with Gasteiger partial charge in [-0.15, -0.1) is 22.7 Å². The monoisotopic (exact) mass is 350 g/mol. The van der Waals surface area contributed by atoms with E-state index in [2.05, 4.69) is 29.8 Å². The van der Waals surface area contributed by atoms with Crippen molar-refractivity contribution in [1.82, 2.24) is 0 Å². The van der Waals surface area contributed by atoms with E-state index < -0.39 is 6.10 Å². The van der Waals surface area contributed by atoms with Gasteiger partial charge in [0.15, 0.2) is 0 Å². The van der Waals surface area contributed by atoms with E-state index in [1.807, 2.05) is 53.9 Å². The second kappa shape index (κ2) is 8.12. The second-order valence-electron chi connectivity index (χ2n) is 5.26. The Labute approximate surface area is 150 Å². The topological polar surface area (TPSA) is 20.2 Å². The minimum atomic E-state index is -0.709. The lowest BCUT2D eigenvalue weighted by Gasteiger charge is -2.11. The maximum absolute atomic E-state index is 10.8. The van der Waals surface area contributed by atoms with Gasteiger partial charge in [0, 0.05) is 15.3 Å². The van der Waals surface area contributed by atoms with Crippen LogP contribution in [0.15, 0.2) is 76.8 Å². The molecule has 1 atom stereocenters. The molecule has 3 aromatic rings. The molecule has 0 aliphatic heterocycles. The molecule has 0 spiro atoms. The summed E-state index contributed by atoms with van der Waals surface area (Å²) >= 11 is 3.31. The Hall–Kier alpha value is -2.12. The van der Waals surface area contributed by atoms with Gasteiger partial charge in [-0.1, -0.05) is 60.9 Å². The van der Waals surface area contributed by atoms with Crippen LogP contribution in [-0.2, 0) is 0 Å². The Morgan fingerprint density at radius 3 is 2.17 bits per heavy atom. The lowest BCUT2D eigenvalue weighted by atomic mass is 10.0. The highest BCUT2D eigenvalue weighted by Crippen LogP contribution is 2.32. The Kier molecular flexibility index (Phi) is 5.66. The first-order chi connectivity index (χ1) is 11.8. The molecule has 0 radical (unpaired) electrons. The fourth-order valence-electron chi connectivity index (χ4n) is 2.42. The van der Waals surface area contributed by atoms with Gasteiger partial charge in [0.05, 0.1) is 5.57 Å². The first kappa shape index (κ1) is 16.7. The van der Waals surface area contributed by atoms with Gasteiger partial charge in [0.1, 0.15) is 6.10 Å².